The van der Waals surface area contributed by atoms with Gasteiger partial charge in [0.15, 0.2) is 6.29 Å². The molecule has 1 heterocycles. The smallest absolute Gasteiger partial charge is 0.296 e. The molecular weight excluding hydrogens is 331 g/mol. The Kier molecular flexibility index (Phi) is 4.86. The molecule has 0 spiro atoms. The molecule has 0 saturated heterocycles. The highest BCUT2D eigenvalue weighted by Gasteiger charge is 2.20. The fraction of sp³-hybridized carbons (Fsp3) is 0.286. The Bertz CT molecular complexity index is 730. The lowest BCUT2D eigenvalue weighted by atomic mass is 10.4. The Morgan fingerprint density at radius 1 is 1.19 bits per heavy atom. The fourth-order valence-electron chi connectivity index (χ4n) is 2.00. The van der Waals surface area contributed by atoms with Crippen LogP contribution in [0.25, 0.3) is 0 Å². The van der Waals surface area contributed by atoms with Gasteiger partial charge in [0.25, 0.3) is 0 Å². The van der Waals surface area contributed by atoms with E-state index >= 15 is 0 Å². The molecule has 112 valence electrons. The van der Waals surface area contributed by atoms with Crippen molar-refractivity contribution in [3.8, 4) is 0 Å². The molecule has 0 saturated carbocycles. The highest BCUT2D eigenvalue weighted by molar-refractivity contribution is 7.99. The van der Waals surface area contributed by atoms with Crippen molar-refractivity contribution in [2.75, 3.05) is 0 Å². The lowest BCUT2D eigenvalue weighted by Gasteiger charge is -2.11. The quantitative estimate of drug-likeness (QED) is 0.786. The number of hydrogen-bond acceptors (Lipinski definition) is 3. The maximum Gasteiger partial charge on any atom is 0.329 e. The summed E-state index contributed by atoms with van der Waals surface area (Å²) >= 11 is 13.3. The molecule has 4 nitrogen and oxygen atoms in total. The van der Waals surface area contributed by atoms with E-state index in [2.05, 4.69) is 0 Å². The molecule has 0 atom stereocenters. The number of nitrogens with zero attached hydrogens (tertiary/aromatic N) is 2. The molecule has 0 radical (unpaired) electrons. The van der Waals surface area contributed by atoms with Gasteiger partial charge in [0.1, 0.15) is 10.7 Å². The van der Waals surface area contributed by atoms with Crippen molar-refractivity contribution in [2.24, 2.45) is 7.05 Å². The van der Waals surface area contributed by atoms with Crippen molar-refractivity contribution in [1.29, 1.82) is 0 Å². The van der Waals surface area contributed by atoms with E-state index in [0.29, 0.717) is 27.1 Å². The van der Waals surface area contributed by atoms with Gasteiger partial charge in [-0.15, -0.1) is 0 Å². The van der Waals surface area contributed by atoms with E-state index in [1.807, 2.05) is 13.8 Å². The number of hydrogen-bond donors (Lipinski definition) is 0. The molecule has 2 rings (SSSR count). The van der Waals surface area contributed by atoms with Crippen molar-refractivity contribution < 1.29 is 4.79 Å². The Morgan fingerprint density at radius 3 is 2.24 bits per heavy atom. The lowest BCUT2D eigenvalue weighted by molar-refractivity contribution is 0.111. The molecule has 21 heavy (non-hydrogen) atoms. The zero-order valence-electron chi connectivity index (χ0n) is 11.8. The second-order valence-corrected chi connectivity index (χ2v) is 6.76. The molecule has 0 aliphatic rings. The van der Waals surface area contributed by atoms with Crippen molar-refractivity contribution in [2.45, 2.75) is 29.8 Å². The molecule has 0 unspecified atom stereocenters. The molecule has 1 aromatic heterocycles. The first kappa shape index (κ1) is 16.2. The topological polar surface area (TPSA) is 44.0 Å². The van der Waals surface area contributed by atoms with E-state index < -0.39 is 0 Å². The van der Waals surface area contributed by atoms with Gasteiger partial charge in [0.05, 0.1) is 0 Å². The molecule has 0 N–H and O–H groups in total. The molecular formula is C14H14Cl2N2O2S. The number of carbonyl (C=O) groups excluding carboxylic acids is 1. The van der Waals surface area contributed by atoms with E-state index in [9.17, 15) is 9.59 Å². The van der Waals surface area contributed by atoms with Crippen LogP contribution in [0.5, 0.6) is 0 Å². The minimum absolute atomic E-state index is 0.0606. The Hall–Kier alpha value is -1.17. The second kappa shape index (κ2) is 6.30. The average molecular weight is 345 g/mol. The van der Waals surface area contributed by atoms with Crippen LogP contribution in [0.3, 0.4) is 0 Å². The number of benzene rings is 1. The van der Waals surface area contributed by atoms with Gasteiger partial charge in [0.2, 0.25) is 0 Å². The van der Waals surface area contributed by atoms with E-state index in [0.717, 1.165) is 4.90 Å². The average Bonchev–Trinajstić information content (AvgIpc) is 2.59. The van der Waals surface area contributed by atoms with E-state index in [1.54, 1.807) is 29.8 Å². The molecule has 1 aromatic carbocycles. The summed E-state index contributed by atoms with van der Waals surface area (Å²) in [6, 6.07) is 5.06. The SMILES string of the molecule is CC(C)n1c(Sc2cc(Cl)cc(Cl)c2)c(C=O)n(C)c1=O. The van der Waals surface area contributed by atoms with E-state index in [1.165, 1.54) is 16.3 Å². The van der Waals surface area contributed by atoms with Crippen molar-refractivity contribution >= 4 is 41.2 Å². The second-order valence-electron chi connectivity index (χ2n) is 4.82. The number of aromatic nitrogens is 2. The number of rotatable bonds is 4. The molecule has 0 aliphatic heterocycles. The highest BCUT2D eigenvalue weighted by atomic mass is 35.5. The normalized spacial score (nSPS) is 11.1. The molecule has 2 aromatic rings. The van der Waals surface area contributed by atoms with Crippen molar-refractivity contribution in [1.82, 2.24) is 9.13 Å². The number of halogens is 2. The molecule has 7 heteroatoms. The van der Waals surface area contributed by atoms with Crippen LogP contribution in [0.4, 0.5) is 0 Å². The van der Waals surface area contributed by atoms with Gasteiger partial charge in [-0.1, -0.05) is 35.0 Å². The summed E-state index contributed by atoms with van der Waals surface area (Å²) in [7, 11) is 1.58. The van der Waals surface area contributed by atoms with Crippen molar-refractivity contribution in [3.05, 3.63) is 44.4 Å². The molecule has 0 fully saturated rings. The zero-order valence-corrected chi connectivity index (χ0v) is 14.1. The Labute approximate surface area is 136 Å². The first-order chi connectivity index (χ1) is 9.85. The van der Waals surface area contributed by atoms with Gasteiger partial charge >= 0.3 is 5.69 Å². The fourth-order valence-corrected chi connectivity index (χ4v) is 3.93. The standard InChI is InChI=1S/C14H14Cl2N2O2S/c1-8(2)18-13(12(7-19)17(3)14(18)20)21-11-5-9(15)4-10(16)6-11/h4-8H,1-3H3. The minimum atomic E-state index is -0.220. The summed E-state index contributed by atoms with van der Waals surface area (Å²) in [6.45, 7) is 3.79. The number of aldehydes is 1. The lowest BCUT2D eigenvalue weighted by Crippen LogP contribution is -2.24. The third-order valence-electron chi connectivity index (χ3n) is 2.97. The van der Waals surface area contributed by atoms with Gasteiger partial charge in [0, 0.05) is 28.0 Å². The van der Waals surface area contributed by atoms with Crippen LogP contribution in [-0.2, 0) is 7.05 Å². The highest BCUT2D eigenvalue weighted by Crippen LogP contribution is 2.34. The minimum Gasteiger partial charge on any atom is -0.296 e. The van der Waals surface area contributed by atoms with Crippen LogP contribution in [0, 0.1) is 0 Å². The Morgan fingerprint density at radius 2 is 1.76 bits per heavy atom. The first-order valence-electron chi connectivity index (χ1n) is 6.25. The predicted octanol–water partition coefficient (Wildman–Crippen LogP) is 4.04. The number of imidazole rings is 1. The summed E-state index contributed by atoms with van der Waals surface area (Å²) < 4.78 is 2.94. The van der Waals surface area contributed by atoms with Gasteiger partial charge in [-0.2, -0.15) is 0 Å². The summed E-state index contributed by atoms with van der Waals surface area (Å²) in [5, 5.41) is 1.60. The third-order valence-corrected chi connectivity index (χ3v) is 4.48. The Balaban J connectivity index is 2.60. The van der Waals surface area contributed by atoms with Crippen LogP contribution < -0.4 is 5.69 Å². The maximum absolute atomic E-state index is 12.2. The van der Waals surface area contributed by atoms with Crippen LogP contribution in [0.2, 0.25) is 10.0 Å². The number of carbonyl (C=O) groups is 1. The maximum atomic E-state index is 12.2. The predicted molar refractivity (Wildman–Crippen MR) is 86.0 cm³/mol. The van der Waals surface area contributed by atoms with Gasteiger partial charge in [-0.05, 0) is 32.0 Å². The molecule has 0 aliphatic carbocycles. The van der Waals surface area contributed by atoms with Crippen molar-refractivity contribution in [3.63, 3.8) is 0 Å². The molecule has 0 amide bonds. The summed E-state index contributed by atoms with van der Waals surface area (Å²) in [5.41, 5.74) is 0.123. The van der Waals surface area contributed by atoms with Crippen LogP contribution >= 0.6 is 35.0 Å². The van der Waals surface area contributed by atoms with Crippen LogP contribution in [0.15, 0.2) is 32.9 Å². The first-order valence-corrected chi connectivity index (χ1v) is 7.82. The van der Waals surface area contributed by atoms with Gasteiger partial charge in [-0.25, -0.2) is 4.79 Å². The summed E-state index contributed by atoms with van der Waals surface area (Å²) in [6.07, 6.45) is 0.689. The van der Waals surface area contributed by atoms with Gasteiger partial charge in [-0.3, -0.25) is 13.9 Å². The summed E-state index contributed by atoms with van der Waals surface area (Å²) in [5.74, 6) is 0. The van der Waals surface area contributed by atoms with Crippen LogP contribution in [0.1, 0.15) is 30.4 Å². The van der Waals surface area contributed by atoms with Crippen LogP contribution in [-0.4, -0.2) is 15.4 Å². The van der Waals surface area contributed by atoms with E-state index in [4.69, 9.17) is 23.2 Å². The summed E-state index contributed by atoms with van der Waals surface area (Å²) in [4.78, 5) is 24.3. The van der Waals surface area contributed by atoms with Gasteiger partial charge < -0.3 is 0 Å². The van der Waals surface area contributed by atoms with E-state index in [-0.39, 0.29) is 11.7 Å². The monoisotopic (exact) mass is 344 g/mol. The zero-order chi connectivity index (χ0) is 15.7. The third kappa shape index (κ3) is 3.20. The largest absolute Gasteiger partial charge is 0.329 e. The molecule has 0 bridgehead atoms.